The first-order valence-corrected chi connectivity index (χ1v) is 8.06. The number of furan rings is 1. The second-order valence-corrected chi connectivity index (χ2v) is 6.08. The van der Waals surface area contributed by atoms with Gasteiger partial charge in [0.15, 0.2) is 0 Å². The Labute approximate surface area is 122 Å². The topological polar surface area (TPSA) is 28.4 Å². The third-order valence-electron chi connectivity index (χ3n) is 4.60. The van der Waals surface area contributed by atoms with Crippen molar-refractivity contribution in [3.63, 3.8) is 0 Å². The van der Waals surface area contributed by atoms with Crippen molar-refractivity contribution in [3.8, 4) is 0 Å². The number of likely N-dealkylation sites (tertiary alicyclic amines) is 1. The monoisotopic (exact) mass is 274 g/mol. The average molecular weight is 274 g/mol. The van der Waals surface area contributed by atoms with Crippen LogP contribution in [0.2, 0.25) is 0 Å². The second-order valence-electron chi connectivity index (χ2n) is 6.08. The van der Waals surface area contributed by atoms with Crippen LogP contribution in [0.3, 0.4) is 0 Å². The summed E-state index contributed by atoms with van der Waals surface area (Å²) in [5, 5.41) is 3.68. The van der Waals surface area contributed by atoms with Crippen molar-refractivity contribution in [1.82, 2.24) is 10.2 Å². The summed E-state index contributed by atoms with van der Waals surface area (Å²) in [4.78, 5) is 2.56. The van der Waals surface area contributed by atoms with Gasteiger partial charge in [-0.15, -0.1) is 0 Å². The molecule has 1 fully saturated rings. The maximum absolute atomic E-state index is 5.66. The molecule has 3 rings (SSSR count). The SMILES string of the molecule is C1=CCC(CNCC(c2ccco2)N2CCCC2)CC1. The minimum absolute atomic E-state index is 0.409. The Kier molecular flexibility index (Phi) is 4.93. The largest absolute Gasteiger partial charge is 0.468 e. The van der Waals surface area contributed by atoms with E-state index in [1.165, 1.54) is 45.2 Å². The van der Waals surface area contributed by atoms with Gasteiger partial charge in [-0.25, -0.2) is 0 Å². The molecule has 2 atom stereocenters. The van der Waals surface area contributed by atoms with Crippen molar-refractivity contribution in [2.45, 2.75) is 38.1 Å². The fraction of sp³-hybridized carbons (Fsp3) is 0.647. The van der Waals surface area contributed by atoms with E-state index in [0.717, 1.165) is 24.8 Å². The Bertz CT molecular complexity index is 407. The van der Waals surface area contributed by atoms with Crippen LogP contribution in [0.1, 0.15) is 43.9 Å². The van der Waals surface area contributed by atoms with Crippen LogP contribution in [0.25, 0.3) is 0 Å². The molecule has 3 heteroatoms. The Morgan fingerprint density at radius 2 is 2.20 bits per heavy atom. The molecule has 2 unspecified atom stereocenters. The average Bonchev–Trinajstić information content (AvgIpc) is 3.18. The molecule has 20 heavy (non-hydrogen) atoms. The molecule has 1 aromatic rings. The third-order valence-corrected chi connectivity index (χ3v) is 4.60. The summed E-state index contributed by atoms with van der Waals surface area (Å²) in [7, 11) is 0. The summed E-state index contributed by atoms with van der Waals surface area (Å²) in [6.07, 6.45) is 12.9. The fourth-order valence-electron chi connectivity index (χ4n) is 3.41. The van der Waals surface area contributed by atoms with Gasteiger partial charge in [-0.3, -0.25) is 4.90 Å². The molecule has 0 radical (unpaired) electrons. The van der Waals surface area contributed by atoms with E-state index in [1.54, 1.807) is 6.26 Å². The maximum atomic E-state index is 5.66. The fourth-order valence-corrected chi connectivity index (χ4v) is 3.41. The molecular weight excluding hydrogens is 248 g/mol. The summed E-state index contributed by atoms with van der Waals surface area (Å²) in [6.45, 7) is 4.56. The predicted molar refractivity (Wildman–Crippen MR) is 81.6 cm³/mol. The lowest BCUT2D eigenvalue weighted by molar-refractivity contribution is 0.206. The van der Waals surface area contributed by atoms with E-state index in [9.17, 15) is 0 Å². The van der Waals surface area contributed by atoms with E-state index in [2.05, 4.69) is 28.4 Å². The van der Waals surface area contributed by atoms with E-state index in [1.807, 2.05) is 6.07 Å². The first-order valence-electron chi connectivity index (χ1n) is 8.06. The van der Waals surface area contributed by atoms with Crippen LogP contribution in [0, 0.1) is 5.92 Å². The third kappa shape index (κ3) is 3.53. The molecule has 3 nitrogen and oxygen atoms in total. The number of allylic oxidation sites excluding steroid dienone is 2. The molecule has 0 bridgehead atoms. The molecular formula is C17H26N2O. The van der Waals surface area contributed by atoms with Crippen LogP contribution in [-0.4, -0.2) is 31.1 Å². The Hall–Kier alpha value is -1.06. The summed E-state index contributed by atoms with van der Waals surface area (Å²) < 4.78 is 5.66. The number of hydrogen-bond acceptors (Lipinski definition) is 3. The van der Waals surface area contributed by atoms with E-state index in [-0.39, 0.29) is 0 Å². The van der Waals surface area contributed by atoms with Gasteiger partial charge >= 0.3 is 0 Å². The van der Waals surface area contributed by atoms with E-state index in [0.29, 0.717) is 6.04 Å². The standard InChI is InChI=1S/C17H26N2O/c1-2-7-15(8-3-1)13-18-14-16(17-9-6-12-20-17)19-10-4-5-11-19/h1-2,6,9,12,15-16,18H,3-5,7-8,10-11,13-14H2. The first-order chi connectivity index (χ1) is 9.93. The van der Waals surface area contributed by atoms with Crippen LogP contribution in [0.15, 0.2) is 35.0 Å². The van der Waals surface area contributed by atoms with Gasteiger partial charge in [-0.2, -0.15) is 0 Å². The highest BCUT2D eigenvalue weighted by atomic mass is 16.3. The van der Waals surface area contributed by atoms with E-state index in [4.69, 9.17) is 4.42 Å². The molecule has 0 spiro atoms. The predicted octanol–water partition coefficient (Wildman–Crippen LogP) is 3.36. The van der Waals surface area contributed by atoms with Gasteiger partial charge in [0.25, 0.3) is 0 Å². The molecule has 1 aromatic heterocycles. The van der Waals surface area contributed by atoms with Crippen molar-refractivity contribution >= 4 is 0 Å². The quantitative estimate of drug-likeness (QED) is 0.806. The Morgan fingerprint density at radius 1 is 1.30 bits per heavy atom. The van der Waals surface area contributed by atoms with Gasteiger partial charge in [-0.05, 0) is 69.8 Å². The minimum atomic E-state index is 0.409. The molecule has 110 valence electrons. The highest BCUT2D eigenvalue weighted by Gasteiger charge is 2.25. The van der Waals surface area contributed by atoms with Gasteiger partial charge in [0.1, 0.15) is 5.76 Å². The minimum Gasteiger partial charge on any atom is -0.468 e. The molecule has 2 heterocycles. The van der Waals surface area contributed by atoms with Crippen molar-refractivity contribution < 1.29 is 4.42 Å². The first kappa shape index (κ1) is 13.9. The lowest BCUT2D eigenvalue weighted by Gasteiger charge is -2.27. The zero-order valence-corrected chi connectivity index (χ0v) is 12.3. The van der Waals surface area contributed by atoms with Crippen molar-refractivity contribution in [3.05, 3.63) is 36.3 Å². The smallest absolute Gasteiger partial charge is 0.122 e. The summed E-state index contributed by atoms with van der Waals surface area (Å²) in [6, 6.07) is 4.53. The van der Waals surface area contributed by atoms with Crippen LogP contribution < -0.4 is 5.32 Å². The van der Waals surface area contributed by atoms with E-state index < -0.39 is 0 Å². The lowest BCUT2D eigenvalue weighted by atomic mass is 9.94. The highest BCUT2D eigenvalue weighted by molar-refractivity contribution is 5.06. The Morgan fingerprint density at radius 3 is 2.90 bits per heavy atom. The summed E-state index contributed by atoms with van der Waals surface area (Å²) in [5.74, 6) is 1.93. The van der Waals surface area contributed by atoms with Gasteiger partial charge < -0.3 is 9.73 Å². The maximum Gasteiger partial charge on any atom is 0.122 e. The zero-order chi connectivity index (χ0) is 13.6. The van der Waals surface area contributed by atoms with Crippen LogP contribution in [-0.2, 0) is 0 Å². The molecule has 1 aliphatic heterocycles. The van der Waals surface area contributed by atoms with Gasteiger partial charge in [0.2, 0.25) is 0 Å². The van der Waals surface area contributed by atoms with Crippen molar-refractivity contribution in [1.29, 1.82) is 0 Å². The van der Waals surface area contributed by atoms with Gasteiger partial charge in [-0.1, -0.05) is 12.2 Å². The number of rotatable bonds is 6. The van der Waals surface area contributed by atoms with E-state index >= 15 is 0 Å². The Balaban J connectivity index is 1.52. The van der Waals surface area contributed by atoms with Crippen LogP contribution in [0.5, 0.6) is 0 Å². The van der Waals surface area contributed by atoms with Crippen molar-refractivity contribution in [2.75, 3.05) is 26.2 Å². The van der Waals surface area contributed by atoms with Crippen molar-refractivity contribution in [2.24, 2.45) is 5.92 Å². The molecule has 0 saturated carbocycles. The summed E-state index contributed by atoms with van der Waals surface area (Å²) >= 11 is 0. The normalized spacial score (nSPS) is 25.1. The summed E-state index contributed by atoms with van der Waals surface area (Å²) in [5.41, 5.74) is 0. The molecule has 1 aliphatic carbocycles. The zero-order valence-electron chi connectivity index (χ0n) is 12.3. The molecule has 2 aliphatic rings. The molecule has 0 amide bonds. The van der Waals surface area contributed by atoms with Crippen LogP contribution in [0.4, 0.5) is 0 Å². The van der Waals surface area contributed by atoms with Gasteiger partial charge in [0, 0.05) is 6.54 Å². The molecule has 1 saturated heterocycles. The van der Waals surface area contributed by atoms with Gasteiger partial charge in [0.05, 0.1) is 12.3 Å². The lowest BCUT2D eigenvalue weighted by Crippen LogP contribution is -2.36. The number of nitrogens with one attached hydrogen (secondary N) is 1. The van der Waals surface area contributed by atoms with Crippen LogP contribution >= 0.6 is 0 Å². The highest BCUT2D eigenvalue weighted by Crippen LogP contribution is 2.25. The number of nitrogens with zero attached hydrogens (tertiary/aromatic N) is 1. The molecule has 1 N–H and O–H groups in total. The second kappa shape index (κ2) is 7.09. The molecule has 0 aromatic carbocycles. The number of hydrogen-bond donors (Lipinski definition) is 1.